The predicted octanol–water partition coefficient (Wildman–Crippen LogP) is 4.92. The highest BCUT2D eigenvalue weighted by atomic mass is 16.5. The summed E-state index contributed by atoms with van der Waals surface area (Å²) in [5.41, 5.74) is 4.51. The molecule has 0 amide bonds. The number of esters is 1. The Kier molecular flexibility index (Phi) is 6.86. The zero-order valence-electron chi connectivity index (χ0n) is 20.3. The van der Waals surface area contributed by atoms with Gasteiger partial charge in [-0.05, 0) is 35.7 Å². The Morgan fingerprint density at radius 2 is 1.41 bits per heavy atom. The summed E-state index contributed by atoms with van der Waals surface area (Å²) < 4.78 is 5.12. The first-order valence-corrected chi connectivity index (χ1v) is 12.1. The molecule has 0 saturated heterocycles. The molecule has 3 atom stereocenters. The van der Waals surface area contributed by atoms with Gasteiger partial charge in [-0.1, -0.05) is 84.9 Å². The summed E-state index contributed by atoms with van der Waals surface area (Å²) in [6.07, 6.45) is -1.66. The molecule has 1 heterocycles. The molecule has 37 heavy (non-hydrogen) atoms. The van der Waals surface area contributed by atoms with Crippen molar-refractivity contribution in [2.75, 3.05) is 12.0 Å². The largest absolute Gasteiger partial charge is 0.469 e. The predicted molar refractivity (Wildman–Crippen MR) is 140 cm³/mol. The van der Waals surface area contributed by atoms with Crippen LogP contribution in [-0.4, -0.2) is 29.1 Å². The summed E-state index contributed by atoms with van der Waals surface area (Å²) in [6.45, 7) is 0. The van der Waals surface area contributed by atoms with Gasteiger partial charge in [-0.3, -0.25) is 9.59 Å². The lowest BCUT2D eigenvalue weighted by molar-refractivity contribution is -0.142. The number of nitrogens with zero attached hydrogens (tertiary/aromatic N) is 1. The van der Waals surface area contributed by atoms with Gasteiger partial charge in [0, 0.05) is 27.9 Å². The number of benzene rings is 4. The molecule has 6 nitrogen and oxygen atoms in total. The summed E-state index contributed by atoms with van der Waals surface area (Å²) in [7, 11) is 1.35. The van der Waals surface area contributed by atoms with Crippen molar-refractivity contribution in [2.45, 2.75) is 24.8 Å². The zero-order valence-corrected chi connectivity index (χ0v) is 20.3. The molecule has 0 saturated carbocycles. The summed E-state index contributed by atoms with van der Waals surface area (Å²) in [5.74, 6) is -1.18. The maximum atomic E-state index is 13.0. The maximum absolute atomic E-state index is 13.0. The molecule has 6 heteroatoms. The fourth-order valence-electron chi connectivity index (χ4n) is 4.91. The van der Waals surface area contributed by atoms with Crippen molar-refractivity contribution >= 4 is 17.4 Å². The van der Waals surface area contributed by atoms with Gasteiger partial charge < -0.3 is 19.8 Å². The number of carbonyl (C=O) groups excluding carboxylic acids is 2. The molecule has 5 rings (SSSR count). The third kappa shape index (κ3) is 4.77. The van der Waals surface area contributed by atoms with E-state index in [9.17, 15) is 19.8 Å². The Labute approximate surface area is 215 Å². The highest BCUT2D eigenvalue weighted by Crippen LogP contribution is 2.42. The van der Waals surface area contributed by atoms with E-state index >= 15 is 0 Å². The van der Waals surface area contributed by atoms with Gasteiger partial charge in [0.2, 0.25) is 0 Å². The van der Waals surface area contributed by atoms with E-state index < -0.39 is 24.3 Å². The van der Waals surface area contributed by atoms with E-state index in [1.165, 1.54) is 7.11 Å². The van der Waals surface area contributed by atoms with Crippen LogP contribution < -0.4 is 4.90 Å². The van der Waals surface area contributed by atoms with Gasteiger partial charge in [0.1, 0.15) is 0 Å². The fourth-order valence-corrected chi connectivity index (χ4v) is 4.91. The molecule has 186 valence electrons. The highest BCUT2D eigenvalue weighted by molar-refractivity contribution is 6.09. The van der Waals surface area contributed by atoms with E-state index in [4.69, 9.17) is 4.74 Å². The molecule has 0 aromatic heterocycles. The quantitative estimate of drug-likeness (QED) is 0.281. The van der Waals surface area contributed by atoms with Crippen molar-refractivity contribution in [1.29, 1.82) is 0 Å². The molecule has 1 aliphatic rings. The van der Waals surface area contributed by atoms with Crippen LogP contribution in [0.5, 0.6) is 0 Å². The normalized spacial score (nSPS) is 17.2. The van der Waals surface area contributed by atoms with Crippen molar-refractivity contribution in [3.8, 4) is 0 Å². The first-order valence-electron chi connectivity index (χ1n) is 12.1. The average molecular weight is 494 g/mol. The van der Waals surface area contributed by atoms with Gasteiger partial charge in [0.25, 0.3) is 0 Å². The molecule has 0 aliphatic carbocycles. The Balaban J connectivity index is 1.43. The zero-order chi connectivity index (χ0) is 25.9. The fraction of sp³-hybridized carbons (Fsp3) is 0.161. The second-order valence-corrected chi connectivity index (χ2v) is 9.05. The summed E-state index contributed by atoms with van der Waals surface area (Å²) in [4.78, 5) is 27.4. The second kappa shape index (κ2) is 10.4. The van der Waals surface area contributed by atoms with Crippen LogP contribution >= 0.6 is 0 Å². The highest BCUT2D eigenvalue weighted by Gasteiger charge is 2.36. The molecule has 0 radical (unpaired) electrons. The lowest BCUT2D eigenvalue weighted by atomic mass is 9.89. The molecule has 2 N–H and O–H groups in total. The van der Waals surface area contributed by atoms with Crippen molar-refractivity contribution in [2.24, 2.45) is 0 Å². The number of ketones is 1. The van der Waals surface area contributed by atoms with Gasteiger partial charge >= 0.3 is 5.97 Å². The number of fused-ring (bicyclic) bond motifs is 1. The summed E-state index contributed by atoms with van der Waals surface area (Å²) in [6, 6.07) is 30.7. The molecule has 4 aromatic carbocycles. The number of aliphatic hydroxyl groups is 2. The van der Waals surface area contributed by atoms with E-state index in [0.29, 0.717) is 39.9 Å². The second-order valence-electron chi connectivity index (χ2n) is 9.05. The van der Waals surface area contributed by atoms with Crippen LogP contribution in [0.1, 0.15) is 56.5 Å². The van der Waals surface area contributed by atoms with Crippen LogP contribution in [0.25, 0.3) is 0 Å². The first-order chi connectivity index (χ1) is 18.0. The number of ether oxygens (including phenoxy) is 1. The SMILES string of the molecule is COC(=O)C(Cc1cccc(N2C(O)c3ccccc3C2O)c1)c1cccc(C(=O)c2ccccc2)c1. The van der Waals surface area contributed by atoms with E-state index in [2.05, 4.69) is 0 Å². The van der Waals surface area contributed by atoms with Crippen LogP contribution in [0.15, 0.2) is 103 Å². The van der Waals surface area contributed by atoms with Crippen molar-refractivity contribution < 1.29 is 24.5 Å². The van der Waals surface area contributed by atoms with Crippen LogP contribution in [0.2, 0.25) is 0 Å². The molecular formula is C31H27NO5. The van der Waals surface area contributed by atoms with E-state index in [0.717, 1.165) is 5.56 Å². The first kappa shape index (κ1) is 24.4. The summed E-state index contributed by atoms with van der Waals surface area (Å²) in [5, 5.41) is 21.8. The minimum Gasteiger partial charge on any atom is -0.469 e. The molecule has 4 aromatic rings. The van der Waals surface area contributed by atoms with Gasteiger partial charge in [0.15, 0.2) is 18.2 Å². The van der Waals surface area contributed by atoms with Crippen molar-refractivity contribution in [3.63, 3.8) is 0 Å². The monoisotopic (exact) mass is 493 g/mol. The third-order valence-corrected chi connectivity index (χ3v) is 6.80. The number of aliphatic hydroxyl groups excluding tert-OH is 2. The van der Waals surface area contributed by atoms with Crippen molar-refractivity contribution in [3.05, 3.63) is 137 Å². The molecule has 0 fully saturated rings. The summed E-state index contributed by atoms with van der Waals surface area (Å²) >= 11 is 0. The van der Waals surface area contributed by atoms with Gasteiger partial charge in [-0.15, -0.1) is 0 Å². The topological polar surface area (TPSA) is 87.1 Å². The molecular weight excluding hydrogens is 466 g/mol. The van der Waals surface area contributed by atoms with Gasteiger partial charge in [-0.2, -0.15) is 0 Å². The Bertz CT molecular complexity index is 1410. The maximum Gasteiger partial charge on any atom is 0.313 e. The van der Waals surface area contributed by atoms with E-state index in [1.54, 1.807) is 47.4 Å². The number of hydrogen-bond donors (Lipinski definition) is 2. The number of hydrogen-bond acceptors (Lipinski definition) is 6. The molecule has 0 bridgehead atoms. The average Bonchev–Trinajstić information content (AvgIpc) is 3.21. The van der Waals surface area contributed by atoms with E-state index in [1.807, 2.05) is 60.7 Å². The number of carbonyl (C=O) groups is 2. The lowest BCUT2D eigenvalue weighted by Gasteiger charge is -2.27. The lowest BCUT2D eigenvalue weighted by Crippen LogP contribution is -2.25. The van der Waals surface area contributed by atoms with Crippen LogP contribution in [0.3, 0.4) is 0 Å². The Morgan fingerprint density at radius 1 is 0.784 bits per heavy atom. The van der Waals surface area contributed by atoms with Gasteiger partial charge in [-0.25, -0.2) is 0 Å². The minimum atomic E-state index is -0.987. The standard InChI is InChI=1S/C31H27NO5/c1-37-31(36)27(22-12-8-13-23(19-22)28(33)21-10-3-2-4-11-21)18-20-9-7-14-24(17-20)32-29(34)25-15-5-6-16-26(25)30(32)35/h2-17,19,27,29-30,34-35H,18H2,1H3. The number of methoxy groups -OCH3 is 1. The number of rotatable bonds is 7. The van der Waals surface area contributed by atoms with Crippen LogP contribution in [0, 0.1) is 0 Å². The number of anilines is 1. The molecule has 0 spiro atoms. The minimum absolute atomic E-state index is 0.121. The van der Waals surface area contributed by atoms with E-state index in [-0.39, 0.29) is 5.78 Å². The molecule has 3 unspecified atom stereocenters. The Hall–Kier alpha value is -4.26. The third-order valence-electron chi connectivity index (χ3n) is 6.80. The van der Waals surface area contributed by atoms with Crippen LogP contribution in [0.4, 0.5) is 5.69 Å². The smallest absolute Gasteiger partial charge is 0.313 e. The Morgan fingerprint density at radius 3 is 2.08 bits per heavy atom. The molecule has 1 aliphatic heterocycles. The van der Waals surface area contributed by atoms with Crippen molar-refractivity contribution in [1.82, 2.24) is 0 Å². The van der Waals surface area contributed by atoms with Gasteiger partial charge in [0.05, 0.1) is 13.0 Å². The van der Waals surface area contributed by atoms with Crippen LogP contribution in [-0.2, 0) is 16.0 Å².